The Hall–Kier alpha value is -1.27. The average Bonchev–Trinajstić information content (AvgIpc) is 2.81. The van der Waals surface area contributed by atoms with E-state index in [1.807, 2.05) is 0 Å². The van der Waals surface area contributed by atoms with E-state index in [0.29, 0.717) is 11.4 Å². The van der Waals surface area contributed by atoms with E-state index in [9.17, 15) is 4.79 Å². The second-order valence-electron chi connectivity index (χ2n) is 3.28. The van der Waals surface area contributed by atoms with Gasteiger partial charge in [0.15, 0.2) is 0 Å². The van der Waals surface area contributed by atoms with Gasteiger partial charge in [-0.05, 0) is 24.5 Å². The summed E-state index contributed by atoms with van der Waals surface area (Å²) < 4.78 is 3.64. The van der Waals surface area contributed by atoms with Gasteiger partial charge in [-0.25, -0.2) is 0 Å². The highest BCUT2D eigenvalue weighted by atomic mass is 32.1. The van der Waals surface area contributed by atoms with Gasteiger partial charge in [0.25, 0.3) is 5.91 Å². The maximum absolute atomic E-state index is 11.5. The fourth-order valence-electron chi connectivity index (χ4n) is 1.38. The number of rotatable bonds is 3. The van der Waals surface area contributed by atoms with Crippen molar-refractivity contribution in [3.63, 3.8) is 0 Å². The lowest BCUT2D eigenvalue weighted by molar-refractivity contribution is 0.0960. The van der Waals surface area contributed by atoms with E-state index in [0.717, 1.165) is 31.0 Å². The van der Waals surface area contributed by atoms with Crippen LogP contribution in [0.1, 0.15) is 16.1 Å². The van der Waals surface area contributed by atoms with Crippen LogP contribution >= 0.6 is 11.5 Å². The molecule has 1 amide bonds. The Labute approximate surface area is 91.7 Å². The van der Waals surface area contributed by atoms with Gasteiger partial charge < -0.3 is 10.6 Å². The summed E-state index contributed by atoms with van der Waals surface area (Å²) >= 11 is 1.11. The third-order valence-electron chi connectivity index (χ3n) is 2.22. The normalized spacial score (nSPS) is 15.9. The molecule has 2 heterocycles. The minimum atomic E-state index is -0.0931. The highest BCUT2D eigenvalue weighted by Crippen LogP contribution is 2.04. The maximum atomic E-state index is 11.5. The van der Waals surface area contributed by atoms with Crippen LogP contribution < -0.4 is 10.6 Å². The predicted octanol–water partition coefficient (Wildman–Crippen LogP) is 0.188. The summed E-state index contributed by atoms with van der Waals surface area (Å²) in [7, 11) is 0. The molecule has 6 heteroatoms. The van der Waals surface area contributed by atoms with Gasteiger partial charge in [-0.1, -0.05) is 16.1 Å². The monoisotopic (exact) mass is 224 g/mol. The molecule has 0 atom stereocenters. The van der Waals surface area contributed by atoms with Crippen LogP contribution in [0.5, 0.6) is 0 Å². The summed E-state index contributed by atoms with van der Waals surface area (Å²) in [5.41, 5.74) is 1.28. The molecule has 0 fully saturated rings. The Bertz CT molecular complexity index is 360. The Balaban J connectivity index is 1.83. The molecule has 0 bridgehead atoms. The van der Waals surface area contributed by atoms with Gasteiger partial charge in [-0.15, -0.1) is 5.10 Å². The van der Waals surface area contributed by atoms with Crippen molar-refractivity contribution >= 4 is 17.4 Å². The van der Waals surface area contributed by atoms with Crippen LogP contribution in [0.25, 0.3) is 0 Å². The lowest BCUT2D eigenvalue weighted by atomic mass is 10.1. The number of nitrogens with zero attached hydrogens (tertiary/aromatic N) is 2. The zero-order valence-corrected chi connectivity index (χ0v) is 9.01. The van der Waals surface area contributed by atoms with Crippen LogP contribution in [-0.2, 0) is 0 Å². The van der Waals surface area contributed by atoms with Crippen LogP contribution in [0.4, 0.5) is 0 Å². The first-order valence-corrected chi connectivity index (χ1v) is 5.58. The first-order chi connectivity index (χ1) is 7.36. The van der Waals surface area contributed by atoms with E-state index in [4.69, 9.17) is 0 Å². The molecule has 1 aliphatic heterocycles. The first-order valence-electron chi connectivity index (χ1n) is 4.80. The number of hydrogen-bond donors (Lipinski definition) is 2. The van der Waals surface area contributed by atoms with Gasteiger partial charge in [0, 0.05) is 13.1 Å². The zero-order valence-electron chi connectivity index (χ0n) is 8.19. The summed E-state index contributed by atoms with van der Waals surface area (Å²) in [5, 5.41) is 9.69. The molecule has 0 saturated carbocycles. The minimum Gasteiger partial charge on any atom is -0.347 e. The minimum absolute atomic E-state index is 0.0931. The standard InChI is InChI=1S/C9H12N4OS/c14-9(8-6-12-13-15-8)11-5-7-1-3-10-4-2-7/h1,6,10H,2-5H2,(H,11,14). The molecule has 1 aromatic heterocycles. The molecule has 1 aromatic rings. The summed E-state index contributed by atoms with van der Waals surface area (Å²) in [6.07, 6.45) is 4.60. The topological polar surface area (TPSA) is 66.9 Å². The fraction of sp³-hybridized carbons (Fsp3) is 0.444. The van der Waals surface area contributed by atoms with E-state index in [2.05, 4.69) is 26.3 Å². The molecule has 2 N–H and O–H groups in total. The number of carbonyl (C=O) groups is 1. The molecular formula is C9H12N4OS. The van der Waals surface area contributed by atoms with Gasteiger partial charge in [0.1, 0.15) is 4.88 Å². The van der Waals surface area contributed by atoms with E-state index in [1.54, 1.807) is 0 Å². The second kappa shape index (κ2) is 4.99. The van der Waals surface area contributed by atoms with Crippen molar-refractivity contribution < 1.29 is 4.79 Å². The predicted molar refractivity (Wildman–Crippen MR) is 57.8 cm³/mol. The summed E-state index contributed by atoms with van der Waals surface area (Å²) in [4.78, 5) is 12.1. The van der Waals surface area contributed by atoms with Gasteiger partial charge in [0.05, 0.1) is 6.20 Å². The van der Waals surface area contributed by atoms with Crippen LogP contribution in [0.3, 0.4) is 0 Å². The molecule has 0 spiro atoms. The molecule has 5 nitrogen and oxygen atoms in total. The van der Waals surface area contributed by atoms with Crippen LogP contribution in [0.15, 0.2) is 17.8 Å². The van der Waals surface area contributed by atoms with Crippen molar-refractivity contribution in [2.75, 3.05) is 19.6 Å². The Kier molecular flexibility index (Phi) is 3.41. The molecule has 1 aliphatic rings. The second-order valence-corrected chi connectivity index (χ2v) is 4.07. The van der Waals surface area contributed by atoms with Gasteiger partial charge in [-0.3, -0.25) is 4.79 Å². The highest BCUT2D eigenvalue weighted by molar-refractivity contribution is 7.07. The maximum Gasteiger partial charge on any atom is 0.264 e. The van der Waals surface area contributed by atoms with Crippen molar-refractivity contribution in [1.82, 2.24) is 20.2 Å². The molecule has 2 rings (SSSR count). The van der Waals surface area contributed by atoms with E-state index < -0.39 is 0 Å². The summed E-state index contributed by atoms with van der Waals surface area (Å²) in [6.45, 7) is 2.51. The lowest BCUT2D eigenvalue weighted by Crippen LogP contribution is -2.29. The van der Waals surface area contributed by atoms with E-state index >= 15 is 0 Å². The zero-order chi connectivity index (χ0) is 10.5. The van der Waals surface area contributed by atoms with Crippen LogP contribution in [-0.4, -0.2) is 35.1 Å². The Morgan fingerprint density at radius 1 is 1.67 bits per heavy atom. The Morgan fingerprint density at radius 3 is 3.27 bits per heavy atom. The molecular weight excluding hydrogens is 212 g/mol. The van der Waals surface area contributed by atoms with Gasteiger partial charge in [0.2, 0.25) is 0 Å². The molecule has 0 saturated heterocycles. The van der Waals surface area contributed by atoms with Gasteiger partial charge >= 0.3 is 0 Å². The SMILES string of the molecule is O=C(NCC1=CCNCC1)c1cnns1. The third-order valence-corrected chi connectivity index (χ3v) is 2.88. The van der Waals surface area contributed by atoms with Crippen molar-refractivity contribution in [3.8, 4) is 0 Å². The van der Waals surface area contributed by atoms with Crippen LogP contribution in [0, 0.1) is 0 Å². The van der Waals surface area contributed by atoms with Crippen molar-refractivity contribution in [1.29, 1.82) is 0 Å². The molecule has 0 aliphatic carbocycles. The number of carbonyl (C=O) groups excluding carboxylic acids is 1. The number of aromatic nitrogens is 2. The number of nitrogens with one attached hydrogen (secondary N) is 2. The van der Waals surface area contributed by atoms with Gasteiger partial charge in [-0.2, -0.15) is 0 Å². The summed E-state index contributed by atoms with van der Waals surface area (Å²) in [5.74, 6) is -0.0931. The van der Waals surface area contributed by atoms with E-state index in [1.165, 1.54) is 11.8 Å². The fourth-order valence-corrected chi connectivity index (χ4v) is 1.81. The van der Waals surface area contributed by atoms with Crippen molar-refractivity contribution in [3.05, 3.63) is 22.7 Å². The van der Waals surface area contributed by atoms with Crippen LogP contribution in [0.2, 0.25) is 0 Å². The lowest BCUT2D eigenvalue weighted by Gasteiger charge is -2.13. The average molecular weight is 224 g/mol. The summed E-state index contributed by atoms with van der Waals surface area (Å²) in [6, 6.07) is 0. The highest BCUT2D eigenvalue weighted by Gasteiger charge is 2.09. The molecule has 0 aromatic carbocycles. The Morgan fingerprint density at radius 2 is 2.60 bits per heavy atom. The van der Waals surface area contributed by atoms with E-state index in [-0.39, 0.29) is 5.91 Å². The third kappa shape index (κ3) is 2.84. The quantitative estimate of drug-likeness (QED) is 0.719. The molecule has 80 valence electrons. The van der Waals surface area contributed by atoms with Crippen molar-refractivity contribution in [2.45, 2.75) is 6.42 Å². The molecule has 0 unspecified atom stereocenters. The van der Waals surface area contributed by atoms with Crippen molar-refractivity contribution in [2.24, 2.45) is 0 Å². The smallest absolute Gasteiger partial charge is 0.264 e. The number of hydrogen-bond acceptors (Lipinski definition) is 5. The first kappa shape index (κ1) is 10.3. The molecule has 15 heavy (non-hydrogen) atoms. The largest absolute Gasteiger partial charge is 0.347 e. The number of amides is 1. The molecule has 0 radical (unpaired) electrons.